The standard InChI is InChI=1S/C22H32O/c1-3-17-5-7-18(8-6-17)19-9-11-20(12-10-19)21-13-15-22(16-14-21)23-4-2/h5-8,19,22H,3-4,9-16H2,1-2H3. The van der Waals surface area contributed by atoms with Crippen LogP contribution in [0.1, 0.15) is 82.3 Å². The van der Waals surface area contributed by atoms with Gasteiger partial charge in [0.1, 0.15) is 0 Å². The van der Waals surface area contributed by atoms with Gasteiger partial charge in [0.05, 0.1) is 6.10 Å². The average molecular weight is 312 g/mol. The third kappa shape index (κ3) is 4.26. The summed E-state index contributed by atoms with van der Waals surface area (Å²) in [7, 11) is 0. The summed E-state index contributed by atoms with van der Waals surface area (Å²) < 4.78 is 5.79. The van der Waals surface area contributed by atoms with Gasteiger partial charge in [0.15, 0.2) is 0 Å². The molecule has 0 aromatic heterocycles. The number of ether oxygens (including phenoxy) is 1. The van der Waals surface area contributed by atoms with Crippen LogP contribution in [-0.2, 0) is 11.2 Å². The molecule has 2 aliphatic rings. The third-order valence-electron chi connectivity index (χ3n) is 5.89. The highest BCUT2D eigenvalue weighted by molar-refractivity contribution is 5.28. The Labute approximate surface area is 142 Å². The summed E-state index contributed by atoms with van der Waals surface area (Å²) in [6.45, 7) is 5.21. The normalized spacial score (nSPS) is 25.7. The highest BCUT2D eigenvalue weighted by Gasteiger charge is 2.23. The van der Waals surface area contributed by atoms with E-state index in [0.29, 0.717) is 6.10 Å². The Morgan fingerprint density at radius 2 is 1.39 bits per heavy atom. The molecule has 0 radical (unpaired) electrons. The Morgan fingerprint density at radius 3 is 1.91 bits per heavy atom. The lowest BCUT2D eigenvalue weighted by Gasteiger charge is -2.30. The Balaban J connectivity index is 1.54. The lowest BCUT2D eigenvalue weighted by Crippen LogP contribution is -2.19. The Morgan fingerprint density at radius 1 is 0.826 bits per heavy atom. The largest absolute Gasteiger partial charge is 0.378 e. The molecule has 1 nitrogen and oxygen atoms in total. The summed E-state index contributed by atoms with van der Waals surface area (Å²) in [6, 6.07) is 9.38. The van der Waals surface area contributed by atoms with Crippen molar-refractivity contribution in [3.8, 4) is 0 Å². The fourth-order valence-electron chi connectivity index (χ4n) is 4.37. The minimum atomic E-state index is 0.526. The van der Waals surface area contributed by atoms with Crippen molar-refractivity contribution < 1.29 is 4.74 Å². The van der Waals surface area contributed by atoms with Crippen LogP contribution in [0.2, 0.25) is 0 Å². The molecular weight excluding hydrogens is 280 g/mol. The van der Waals surface area contributed by atoms with Gasteiger partial charge < -0.3 is 4.74 Å². The van der Waals surface area contributed by atoms with Crippen molar-refractivity contribution in [2.45, 2.75) is 83.7 Å². The molecule has 2 saturated carbocycles. The first kappa shape index (κ1) is 16.8. The second-order valence-corrected chi connectivity index (χ2v) is 7.23. The van der Waals surface area contributed by atoms with Crippen molar-refractivity contribution in [1.82, 2.24) is 0 Å². The maximum atomic E-state index is 5.79. The first-order valence-corrected chi connectivity index (χ1v) is 9.70. The van der Waals surface area contributed by atoms with E-state index in [4.69, 9.17) is 4.74 Å². The van der Waals surface area contributed by atoms with Gasteiger partial charge in [-0.1, -0.05) is 42.3 Å². The molecule has 2 aliphatic carbocycles. The summed E-state index contributed by atoms with van der Waals surface area (Å²) in [6.07, 6.45) is 12.1. The lowest BCUT2D eigenvalue weighted by atomic mass is 9.77. The fraction of sp³-hybridized carbons (Fsp3) is 0.636. The molecule has 3 rings (SSSR count). The Kier molecular flexibility index (Phi) is 5.94. The van der Waals surface area contributed by atoms with Crippen LogP contribution in [0.4, 0.5) is 0 Å². The molecule has 0 saturated heterocycles. The van der Waals surface area contributed by atoms with E-state index in [-0.39, 0.29) is 0 Å². The SMILES string of the molecule is CCOC1CCC(=C2CCC(c3ccc(CC)cc3)CC2)CC1. The van der Waals surface area contributed by atoms with Crippen LogP contribution in [-0.4, -0.2) is 12.7 Å². The topological polar surface area (TPSA) is 9.23 Å². The number of rotatable bonds is 4. The second-order valence-electron chi connectivity index (χ2n) is 7.23. The highest BCUT2D eigenvalue weighted by atomic mass is 16.5. The van der Waals surface area contributed by atoms with Gasteiger partial charge in [-0.05, 0) is 81.8 Å². The summed E-state index contributed by atoms with van der Waals surface area (Å²) in [5.74, 6) is 0.782. The van der Waals surface area contributed by atoms with E-state index in [0.717, 1.165) is 18.9 Å². The van der Waals surface area contributed by atoms with Crippen LogP contribution in [0.25, 0.3) is 0 Å². The predicted molar refractivity (Wildman–Crippen MR) is 97.9 cm³/mol. The monoisotopic (exact) mass is 312 g/mol. The molecule has 126 valence electrons. The summed E-state index contributed by atoms with van der Waals surface area (Å²) in [5, 5.41) is 0. The van der Waals surface area contributed by atoms with E-state index in [1.54, 1.807) is 16.7 Å². The number of benzene rings is 1. The molecule has 0 bridgehead atoms. The van der Waals surface area contributed by atoms with Crippen LogP contribution in [0.3, 0.4) is 0 Å². The van der Waals surface area contributed by atoms with Crippen molar-refractivity contribution >= 4 is 0 Å². The molecular formula is C22H32O. The van der Waals surface area contributed by atoms with Gasteiger partial charge in [-0.25, -0.2) is 0 Å². The first-order valence-electron chi connectivity index (χ1n) is 9.70. The van der Waals surface area contributed by atoms with Crippen molar-refractivity contribution in [3.63, 3.8) is 0 Å². The molecule has 0 atom stereocenters. The molecule has 0 amide bonds. The summed E-state index contributed by atoms with van der Waals surface area (Å²) in [5.41, 5.74) is 6.59. The van der Waals surface area contributed by atoms with Gasteiger partial charge in [-0.15, -0.1) is 0 Å². The minimum absolute atomic E-state index is 0.526. The van der Waals surface area contributed by atoms with Crippen LogP contribution in [0.5, 0.6) is 0 Å². The van der Waals surface area contributed by atoms with Crippen LogP contribution >= 0.6 is 0 Å². The third-order valence-corrected chi connectivity index (χ3v) is 5.89. The van der Waals surface area contributed by atoms with Crippen molar-refractivity contribution in [2.24, 2.45) is 0 Å². The van der Waals surface area contributed by atoms with Crippen molar-refractivity contribution in [1.29, 1.82) is 0 Å². The molecule has 0 unspecified atom stereocenters. The summed E-state index contributed by atoms with van der Waals surface area (Å²) >= 11 is 0. The summed E-state index contributed by atoms with van der Waals surface area (Å²) in [4.78, 5) is 0. The molecule has 2 fully saturated rings. The van der Waals surface area contributed by atoms with Crippen LogP contribution in [0, 0.1) is 0 Å². The maximum Gasteiger partial charge on any atom is 0.0581 e. The maximum absolute atomic E-state index is 5.79. The lowest BCUT2D eigenvalue weighted by molar-refractivity contribution is 0.0440. The first-order chi connectivity index (χ1) is 11.3. The second kappa shape index (κ2) is 8.15. The number of hydrogen-bond acceptors (Lipinski definition) is 1. The quantitative estimate of drug-likeness (QED) is 0.603. The van der Waals surface area contributed by atoms with E-state index in [1.165, 1.54) is 56.9 Å². The molecule has 0 spiro atoms. The van der Waals surface area contributed by atoms with Crippen LogP contribution < -0.4 is 0 Å². The Bertz CT molecular complexity index is 505. The van der Waals surface area contributed by atoms with Gasteiger partial charge >= 0.3 is 0 Å². The molecule has 1 heteroatoms. The van der Waals surface area contributed by atoms with E-state index in [2.05, 4.69) is 38.1 Å². The molecule has 1 aromatic rings. The molecule has 0 aliphatic heterocycles. The number of allylic oxidation sites excluding steroid dienone is 2. The Hall–Kier alpha value is -1.08. The smallest absolute Gasteiger partial charge is 0.0581 e. The fourth-order valence-corrected chi connectivity index (χ4v) is 4.37. The zero-order valence-electron chi connectivity index (χ0n) is 14.9. The molecule has 1 aromatic carbocycles. The van der Waals surface area contributed by atoms with Gasteiger partial charge in [0.25, 0.3) is 0 Å². The minimum Gasteiger partial charge on any atom is -0.378 e. The van der Waals surface area contributed by atoms with E-state index in [9.17, 15) is 0 Å². The van der Waals surface area contributed by atoms with Crippen molar-refractivity contribution in [3.05, 3.63) is 46.5 Å². The van der Waals surface area contributed by atoms with Crippen molar-refractivity contribution in [2.75, 3.05) is 6.61 Å². The molecule has 0 N–H and O–H groups in total. The van der Waals surface area contributed by atoms with Gasteiger partial charge in [0.2, 0.25) is 0 Å². The van der Waals surface area contributed by atoms with Gasteiger partial charge in [-0.3, -0.25) is 0 Å². The molecule has 23 heavy (non-hydrogen) atoms. The number of aryl methyl sites for hydroxylation is 1. The van der Waals surface area contributed by atoms with E-state index in [1.807, 2.05) is 0 Å². The van der Waals surface area contributed by atoms with E-state index < -0.39 is 0 Å². The van der Waals surface area contributed by atoms with Gasteiger partial charge in [0, 0.05) is 6.61 Å². The highest BCUT2D eigenvalue weighted by Crippen LogP contribution is 2.39. The number of hydrogen-bond donors (Lipinski definition) is 0. The van der Waals surface area contributed by atoms with E-state index >= 15 is 0 Å². The zero-order valence-corrected chi connectivity index (χ0v) is 14.9. The van der Waals surface area contributed by atoms with Gasteiger partial charge in [-0.2, -0.15) is 0 Å². The molecule has 0 heterocycles. The van der Waals surface area contributed by atoms with Crippen LogP contribution in [0.15, 0.2) is 35.4 Å². The average Bonchev–Trinajstić information content (AvgIpc) is 2.63. The zero-order chi connectivity index (χ0) is 16.1. The predicted octanol–water partition coefficient (Wildman–Crippen LogP) is 6.18.